The maximum Gasteiger partial charge on any atom is 0.231 e. The molecule has 0 amide bonds. The molecule has 26 heavy (non-hydrogen) atoms. The van der Waals surface area contributed by atoms with Gasteiger partial charge in [-0.3, -0.25) is 0 Å². The van der Waals surface area contributed by atoms with E-state index < -0.39 is 0 Å². The van der Waals surface area contributed by atoms with Crippen molar-refractivity contribution in [2.24, 2.45) is 5.92 Å². The fourth-order valence-corrected chi connectivity index (χ4v) is 3.93. The fraction of sp³-hybridized carbons (Fsp3) is 0.727. The topological polar surface area (TPSA) is 36.9 Å². The van der Waals surface area contributed by atoms with Gasteiger partial charge in [-0.05, 0) is 37.0 Å². The molecule has 3 rings (SSSR count). The van der Waals surface area contributed by atoms with Crippen LogP contribution in [0.15, 0.2) is 18.2 Å². The highest BCUT2D eigenvalue weighted by atomic mass is 16.7. The minimum Gasteiger partial charge on any atom is -0.454 e. The minimum atomic E-state index is -0.0974. The number of hydrogen-bond donors (Lipinski definition) is 0. The van der Waals surface area contributed by atoms with E-state index in [1.807, 2.05) is 6.07 Å². The Hall–Kier alpha value is -1.26. The standard InChI is InChI=1S/C22H34O4/c1-4-6-8-10-18-16(3)22(26-21(25-18)11-9-7-5-2)17-12-13-19-20(14-17)24-15-23-19/h12-14,16,18,21-22H,4-11,15H2,1-3H3/t16-,18-,21-,22-/m1/s1. The molecule has 2 aliphatic heterocycles. The normalized spacial score (nSPS) is 27.7. The van der Waals surface area contributed by atoms with Crippen LogP contribution in [-0.4, -0.2) is 19.2 Å². The van der Waals surface area contributed by atoms with Crippen LogP contribution in [0.4, 0.5) is 0 Å². The van der Waals surface area contributed by atoms with Crippen molar-refractivity contribution >= 4 is 0 Å². The molecule has 1 aromatic carbocycles. The molecule has 0 bridgehead atoms. The summed E-state index contributed by atoms with van der Waals surface area (Å²) >= 11 is 0. The van der Waals surface area contributed by atoms with Crippen molar-refractivity contribution in [2.75, 3.05) is 6.79 Å². The molecule has 0 radical (unpaired) electrons. The number of benzene rings is 1. The average molecular weight is 363 g/mol. The van der Waals surface area contributed by atoms with Crippen molar-refractivity contribution in [3.8, 4) is 11.5 Å². The Kier molecular flexibility index (Phi) is 7.21. The van der Waals surface area contributed by atoms with Crippen LogP contribution in [0.5, 0.6) is 11.5 Å². The molecular weight excluding hydrogens is 328 g/mol. The Morgan fingerprint density at radius 3 is 2.38 bits per heavy atom. The smallest absolute Gasteiger partial charge is 0.231 e. The highest BCUT2D eigenvalue weighted by molar-refractivity contribution is 5.45. The molecule has 2 heterocycles. The third-order valence-electron chi connectivity index (χ3n) is 5.55. The van der Waals surface area contributed by atoms with Crippen molar-refractivity contribution in [3.05, 3.63) is 23.8 Å². The summed E-state index contributed by atoms with van der Waals surface area (Å²) in [7, 11) is 0. The van der Waals surface area contributed by atoms with Crippen LogP contribution in [0.1, 0.15) is 83.8 Å². The van der Waals surface area contributed by atoms with Crippen LogP contribution in [-0.2, 0) is 9.47 Å². The first kappa shape index (κ1) is 19.5. The summed E-state index contributed by atoms with van der Waals surface area (Å²) in [6.45, 7) is 7.04. The summed E-state index contributed by atoms with van der Waals surface area (Å²) in [5, 5.41) is 0. The maximum absolute atomic E-state index is 6.41. The van der Waals surface area contributed by atoms with E-state index >= 15 is 0 Å². The molecule has 1 saturated heterocycles. The van der Waals surface area contributed by atoms with E-state index in [9.17, 15) is 0 Å². The second-order valence-corrected chi connectivity index (χ2v) is 7.62. The minimum absolute atomic E-state index is 0.0523. The third kappa shape index (κ3) is 4.72. The molecule has 146 valence electrons. The molecule has 0 spiro atoms. The molecular formula is C22H34O4. The SMILES string of the molecule is CCCCC[C@@H]1O[C@H](CCCCC)[C@@H](C)[C@H](c2ccc3c(c2)OCO3)O1. The van der Waals surface area contributed by atoms with E-state index in [1.54, 1.807) is 0 Å². The first-order valence-electron chi connectivity index (χ1n) is 10.4. The van der Waals surface area contributed by atoms with Gasteiger partial charge in [0.15, 0.2) is 17.8 Å². The first-order valence-corrected chi connectivity index (χ1v) is 10.4. The Balaban J connectivity index is 1.72. The molecule has 4 heteroatoms. The van der Waals surface area contributed by atoms with Crippen molar-refractivity contribution in [1.82, 2.24) is 0 Å². The van der Waals surface area contributed by atoms with Gasteiger partial charge in [0.25, 0.3) is 0 Å². The number of ether oxygens (including phenoxy) is 4. The van der Waals surface area contributed by atoms with Gasteiger partial charge in [-0.2, -0.15) is 0 Å². The fourth-order valence-electron chi connectivity index (χ4n) is 3.93. The lowest BCUT2D eigenvalue weighted by Crippen LogP contribution is -2.40. The second kappa shape index (κ2) is 9.61. The first-order chi connectivity index (χ1) is 12.7. The van der Waals surface area contributed by atoms with Gasteiger partial charge in [0.1, 0.15) is 0 Å². The molecule has 1 fully saturated rings. The highest BCUT2D eigenvalue weighted by Gasteiger charge is 2.37. The van der Waals surface area contributed by atoms with E-state index in [2.05, 4.69) is 32.9 Å². The average Bonchev–Trinajstić information content (AvgIpc) is 3.12. The molecule has 0 aromatic heterocycles. The molecule has 4 nitrogen and oxygen atoms in total. The van der Waals surface area contributed by atoms with E-state index in [1.165, 1.54) is 37.7 Å². The van der Waals surface area contributed by atoms with Gasteiger partial charge in [0.05, 0.1) is 12.2 Å². The number of fused-ring (bicyclic) bond motifs is 1. The van der Waals surface area contributed by atoms with Crippen LogP contribution in [0.3, 0.4) is 0 Å². The summed E-state index contributed by atoms with van der Waals surface area (Å²) in [6.07, 6.45) is 9.64. The lowest BCUT2D eigenvalue weighted by Gasteiger charge is -2.41. The Bertz CT molecular complexity index is 559. The molecule has 0 aliphatic carbocycles. The van der Waals surface area contributed by atoms with Gasteiger partial charge in [0.2, 0.25) is 6.79 Å². The Labute approximate surface area is 158 Å². The number of unbranched alkanes of at least 4 members (excludes halogenated alkanes) is 4. The maximum atomic E-state index is 6.41. The quantitative estimate of drug-likeness (QED) is 0.505. The number of hydrogen-bond acceptors (Lipinski definition) is 4. The summed E-state index contributed by atoms with van der Waals surface area (Å²) in [5.41, 5.74) is 1.17. The molecule has 0 saturated carbocycles. The van der Waals surface area contributed by atoms with E-state index in [-0.39, 0.29) is 18.5 Å². The lowest BCUT2D eigenvalue weighted by atomic mass is 9.88. The molecule has 4 atom stereocenters. The predicted octanol–water partition coefficient (Wildman–Crippen LogP) is 5.99. The summed E-state index contributed by atoms with van der Waals surface area (Å²) in [4.78, 5) is 0. The lowest BCUT2D eigenvalue weighted by molar-refractivity contribution is -0.272. The van der Waals surface area contributed by atoms with Gasteiger partial charge in [0, 0.05) is 5.92 Å². The second-order valence-electron chi connectivity index (χ2n) is 7.62. The van der Waals surface area contributed by atoms with Crippen molar-refractivity contribution in [3.63, 3.8) is 0 Å². The molecule has 1 aromatic rings. The summed E-state index contributed by atoms with van der Waals surface area (Å²) < 4.78 is 23.8. The Morgan fingerprint density at radius 2 is 1.62 bits per heavy atom. The van der Waals surface area contributed by atoms with Crippen LogP contribution in [0.2, 0.25) is 0 Å². The van der Waals surface area contributed by atoms with Crippen molar-refractivity contribution < 1.29 is 18.9 Å². The zero-order valence-corrected chi connectivity index (χ0v) is 16.5. The van der Waals surface area contributed by atoms with E-state index in [0.29, 0.717) is 12.7 Å². The molecule has 0 unspecified atom stereocenters. The van der Waals surface area contributed by atoms with E-state index in [0.717, 1.165) is 30.8 Å². The zero-order valence-electron chi connectivity index (χ0n) is 16.5. The van der Waals surface area contributed by atoms with Crippen LogP contribution in [0, 0.1) is 5.92 Å². The van der Waals surface area contributed by atoms with E-state index in [4.69, 9.17) is 18.9 Å². The molecule has 0 N–H and O–H groups in total. The number of rotatable bonds is 9. The van der Waals surface area contributed by atoms with Gasteiger partial charge in [-0.15, -0.1) is 0 Å². The Morgan fingerprint density at radius 1 is 0.885 bits per heavy atom. The van der Waals surface area contributed by atoms with Gasteiger partial charge in [-0.25, -0.2) is 0 Å². The van der Waals surface area contributed by atoms with Crippen molar-refractivity contribution in [1.29, 1.82) is 0 Å². The summed E-state index contributed by atoms with van der Waals surface area (Å²) in [6, 6.07) is 6.20. The summed E-state index contributed by atoms with van der Waals surface area (Å²) in [5.74, 6) is 1.98. The van der Waals surface area contributed by atoms with Gasteiger partial charge >= 0.3 is 0 Å². The zero-order chi connectivity index (χ0) is 18.4. The van der Waals surface area contributed by atoms with Crippen molar-refractivity contribution in [2.45, 2.75) is 90.6 Å². The van der Waals surface area contributed by atoms with Gasteiger partial charge < -0.3 is 18.9 Å². The van der Waals surface area contributed by atoms with Crippen LogP contribution >= 0.6 is 0 Å². The monoisotopic (exact) mass is 362 g/mol. The van der Waals surface area contributed by atoms with Gasteiger partial charge in [-0.1, -0.05) is 58.9 Å². The third-order valence-corrected chi connectivity index (χ3v) is 5.55. The highest BCUT2D eigenvalue weighted by Crippen LogP contribution is 2.42. The largest absolute Gasteiger partial charge is 0.454 e. The van der Waals surface area contributed by atoms with Crippen LogP contribution < -0.4 is 9.47 Å². The predicted molar refractivity (Wildman–Crippen MR) is 103 cm³/mol. The van der Waals surface area contributed by atoms with Crippen LogP contribution in [0.25, 0.3) is 0 Å². The molecule has 2 aliphatic rings.